The van der Waals surface area contributed by atoms with Gasteiger partial charge in [0, 0.05) is 13.1 Å². The minimum Gasteiger partial charge on any atom is -0.341 e. The highest BCUT2D eigenvalue weighted by molar-refractivity contribution is 8.00. The first kappa shape index (κ1) is 22.6. The molecular formula is C18H16F3N3O3S3. The highest BCUT2D eigenvalue weighted by Crippen LogP contribution is 2.38. The molecule has 0 N–H and O–H groups in total. The standard InChI is InChI=1S/C18H16F3N3O3S3/c1-24(11-4-6-30(26,27)10-11)16(25)9-29-17-12(8-22)13(18(19,20)21)7-14(23-17)15-3-2-5-28-15/h2-3,5,7,11H,4,6,9-10H2,1H3. The van der Waals surface area contributed by atoms with Gasteiger partial charge in [-0.15, -0.1) is 11.3 Å². The lowest BCUT2D eigenvalue weighted by Crippen LogP contribution is -2.38. The van der Waals surface area contributed by atoms with Crippen molar-refractivity contribution in [2.24, 2.45) is 0 Å². The molecule has 3 rings (SSSR count). The van der Waals surface area contributed by atoms with E-state index in [1.165, 1.54) is 23.3 Å². The Morgan fingerprint density at radius 3 is 2.73 bits per heavy atom. The summed E-state index contributed by atoms with van der Waals surface area (Å²) < 4.78 is 63.8. The van der Waals surface area contributed by atoms with Gasteiger partial charge in [0.1, 0.15) is 11.1 Å². The molecule has 0 saturated carbocycles. The van der Waals surface area contributed by atoms with E-state index in [0.29, 0.717) is 11.3 Å². The summed E-state index contributed by atoms with van der Waals surface area (Å²) in [6.07, 6.45) is -4.43. The van der Waals surface area contributed by atoms with E-state index >= 15 is 0 Å². The zero-order valence-electron chi connectivity index (χ0n) is 15.6. The molecule has 30 heavy (non-hydrogen) atoms. The van der Waals surface area contributed by atoms with Crippen molar-refractivity contribution in [3.05, 3.63) is 34.7 Å². The number of carbonyl (C=O) groups excluding carboxylic acids is 1. The molecule has 6 nitrogen and oxygen atoms in total. The van der Waals surface area contributed by atoms with Gasteiger partial charge in [0.15, 0.2) is 9.84 Å². The molecule has 1 atom stereocenters. The summed E-state index contributed by atoms with van der Waals surface area (Å²) in [4.78, 5) is 18.5. The average Bonchev–Trinajstić information content (AvgIpc) is 3.33. The van der Waals surface area contributed by atoms with Crippen molar-refractivity contribution in [3.63, 3.8) is 0 Å². The first-order valence-corrected chi connectivity index (χ1v) is 12.4. The van der Waals surface area contributed by atoms with E-state index in [1.807, 2.05) is 0 Å². The second-order valence-corrected chi connectivity index (χ2v) is 10.8. The second-order valence-electron chi connectivity index (χ2n) is 6.67. The molecule has 160 valence electrons. The fraction of sp³-hybridized carbons (Fsp3) is 0.389. The second kappa shape index (κ2) is 8.56. The topological polar surface area (TPSA) is 91.1 Å². The number of hydrogen-bond donors (Lipinski definition) is 0. The van der Waals surface area contributed by atoms with E-state index in [2.05, 4.69) is 4.98 Å². The molecule has 0 spiro atoms. The third-order valence-corrected chi connectivity index (χ3v) is 8.26. The van der Waals surface area contributed by atoms with Gasteiger partial charge in [0.2, 0.25) is 5.91 Å². The lowest BCUT2D eigenvalue weighted by Gasteiger charge is -2.23. The summed E-state index contributed by atoms with van der Waals surface area (Å²) >= 11 is 1.95. The SMILES string of the molecule is CN(C(=O)CSc1nc(-c2cccs2)cc(C(F)(F)F)c1C#N)C1CCS(=O)(=O)C1. The summed E-state index contributed by atoms with van der Waals surface area (Å²) in [7, 11) is -1.72. The first-order valence-electron chi connectivity index (χ1n) is 8.67. The van der Waals surface area contributed by atoms with Crippen molar-refractivity contribution in [1.82, 2.24) is 9.88 Å². The molecule has 3 heterocycles. The molecule has 1 aliphatic heterocycles. The normalized spacial score (nSPS) is 18.2. The van der Waals surface area contributed by atoms with Gasteiger partial charge in [-0.25, -0.2) is 13.4 Å². The molecule has 2 aromatic heterocycles. The Hall–Kier alpha value is -2.10. The van der Waals surface area contributed by atoms with Crippen LogP contribution in [-0.2, 0) is 20.8 Å². The molecule has 12 heteroatoms. The zero-order valence-corrected chi connectivity index (χ0v) is 18.1. The van der Waals surface area contributed by atoms with Gasteiger partial charge in [-0.05, 0) is 23.9 Å². The predicted octanol–water partition coefficient (Wildman–Crippen LogP) is 3.44. The van der Waals surface area contributed by atoms with Crippen LogP contribution >= 0.6 is 23.1 Å². The van der Waals surface area contributed by atoms with Crippen molar-refractivity contribution in [3.8, 4) is 16.6 Å². The van der Waals surface area contributed by atoms with Gasteiger partial charge < -0.3 is 4.90 Å². The number of nitriles is 1. The number of pyridine rings is 1. The molecule has 1 amide bonds. The number of hydrogen-bond acceptors (Lipinski definition) is 7. The maximum Gasteiger partial charge on any atom is 0.417 e. The van der Waals surface area contributed by atoms with Crippen LogP contribution in [0.2, 0.25) is 0 Å². The maximum absolute atomic E-state index is 13.5. The molecule has 1 saturated heterocycles. The van der Waals surface area contributed by atoms with Gasteiger partial charge in [0.25, 0.3) is 0 Å². The Morgan fingerprint density at radius 1 is 1.47 bits per heavy atom. The number of nitrogens with zero attached hydrogens (tertiary/aromatic N) is 3. The number of sulfone groups is 1. The minimum atomic E-state index is -4.76. The van der Waals surface area contributed by atoms with Crippen LogP contribution in [0.4, 0.5) is 13.2 Å². The fourth-order valence-corrected chi connectivity index (χ4v) is 6.41. The van der Waals surface area contributed by atoms with Crippen molar-refractivity contribution in [2.75, 3.05) is 24.3 Å². The molecule has 1 unspecified atom stereocenters. The largest absolute Gasteiger partial charge is 0.417 e. The smallest absolute Gasteiger partial charge is 0.341 e. The summed E-state index contributed by atoms with van der Waals surface area (Å²) in [5, 5.41) is 10.8. The van der Waals surface area contributed by atoms with E-state index in [4.69, 9.17) is 0 Å². The number of alkyl halides is 3. The molecule has 0 aliphatic carbocycles. The van der Waals surface area contributed by atoms with E-state index in [1.54, 1.807) is 23.6 Å². The minimum absolute atomic E-state index is 0.000364. The molecule has 1 aliphatic rings. The van der Waals surface area contributed by atoms with Gasteiger partial charge in [-0.2, -0.15) is 18.4 Å². The Labute approximate surface area is 179 Å². The monoisotopic (exact) mass is 475 g/mol. The lowest BCUT2D eigenvalue weighted by molar-refractivity contribution is -0.138. The van der Waals surface area contributed by atoms with Crippen LogP contribution in [0.15, 0.2) is 28.6 Å². The fourth-order valence-electron chi connectivity index (χ4n) is 3.02. The number of halogens is 3. The molecule has 1 fully saturated rings. The van der Waals surface area contributed by atoms with Gasteiger partial charge in [0.05, 0.1) is 39.0 Å². The first-order chi connectivity index (χ1) is 14.0. The number of thiophene rings is 1. The van der Waals surface area contributed by atoms with E-state index in [-0.39, 0.29) is 28.0 Å². The van der Waals surface area contributed by atoms with E-state index < -0.39 is 39.1 Å². The lowest BCUT2D eigenvalue weighted by atomic mass is 10.1. The van der Waals surface area contributed by atoms with Crippen molar-refractivity contribution in [2.45, 2.75) is 23.7 Å². The highest BCUT2D eigenvalue weighted by atomic mass is 32.2. The summed E-state index contributed by atoms with van der Waals surface area (Å²) in [5.74, 6) is -0.837. The quantitative estimate of drug-likeness (QED) is 0.616. The van der Waals surface area contributed by atoms with Gasteiger partial charge in [-0.3, -0.25) is 4.79 Å². The van der Waals surface area contributed by atoms with E-state index in [0.717, 1.165) is 17.8 Å². The number of thioether (sulfide) groups is 1. The Bertz CT molecular complexity index is 1090. The Morgan fingerprint density at radius 2 is 2.20 bits per heavy atom. The molecule has 0 bridgehead atoms. The highest BCUT2D eigenvalue weighted by Gasteiger charge is 2.37. The van der Waals surface area contributed by atoms with Crippen molar-refractivity contribution < 1.29 is 26.4 Å². The zero-order chi connectivity index (χ0) is 22.1. The third kappa shape index (κ3) is 4.96. The Kier molecular flexibility index (Phi) is 6.45. The maximum atomic E-state index is 13.5. The van der Waals surface area contributed by atoms with Crippen molar-refractivity contribution in [1.29, 1.82) is 5.26 Å². The van der Waals surface area contributed by atoms with Crippen LogP contribution in [0, 0.1) is 11.3 Å². The average molecular weight is 476 g/mol. The molecule has 2 aromatic rings. The number of aromatic nitrogens is 1. The van der Waals surface area contributed by atoms with Gasteiger partial charge in [-0.1, -0.05) is 17.8 Å². The third-order valence-electron chi connectivity index (χ3n) is 4.66. The van der Waals surface area contributed by atoms with Crippen molar-refractivity contribution >= 4 is 38.8 Å². The number of amides is 1. The number of carbonyl (C=O) groups is 1. The molecular weight excluding hydrogens is 459 g/mol. The van der Waals surface area contributed by atoms with E-state index in [9.17, 15) is 31.6 Å². The number of rotatable bonds is 5. The summed E-state index contributed by atoms with van der Waals surface area (Å²) in [6, 6.07) is 5.23. The van der Waals surface area contributed by atoms with Crippen LogP contribution in [-0.4, -0.2) is 54.6 Å². The van der Waals surface area contributed by atoms with Crippen LogP contribution in [0.5, 0.6) is 0 Å². The molecule has 0 radical (unpaired) electrons. The van der Waals surface area contributed by atoms with Crippen LogP contribution < -0.4 is 0 Å². The predicted molar refractivity (Wildman–Crippen MR) is 108 cm³/mol. The van der Waals surface area contributed by atoms with Gasteiger partial charge >= 0.3 is 6.18 Å². The molecule has 0 aromatic carbocycles. The van der Waals surface area contributed by atoms with Crippen LogP contribution in [0.1, 0.15) is 17.5 Å². The van der Waals surface area contributed by atoms with Crippen LogP contribution in [0.3, 0.4) is 0 Å². The summed E-state index contributed by atoms with van der Waals surface area (Å²) in [6.45, 7) is 0. The van der Waals surface area contributed by atoms with Crippen LogP contribution in [0.25, 0.3) is 10.6 Å². The summed E-state index contributed by atoms with van der Waals surface area (Å²) in [5.41, 5.74) is -1.66. The Balaban J connectivity index is 1.87.